The highest BCUT2D eigenvalue weighted by Gasteiger charge is 2.17. The van der Waals surface area contributed by atoms with Crippen LogP contribution in [0.15, 0.2) is 24.3 Å². The van der Waals surface area contributed by atoms with Gasteiger partial charge >= 0.3 is 5.97 Å². The number of carbonyl (C=O) groups excluding carboxylic acids is 1. The predicted octanol–water partition coefficient (Wildman–Crippen LogP) is 1.33. The molecular formula is C12H14N4O2. The van der Waals surface area contributed by atoms with Gasteiger partial charge < -0.3 is 10.5 Å². The Morgan fingerprint density at radius 2 is 2.06 bits per heavy atom. The zero-order valence-corrected chi connectivity index (χ0v) is 10.3. The molecule has 0 spiro atoms. The van der Waals surface area contributed by atoms with Crippen molar-refractivity contribution in [3.05, 3.63) is 35.7 Å². The summed E-state index contributed by atoms with van der Waals surface area (Å²) in [7, 11) is 0. The Bertz CT molecular complexity index is 560. The summed E-state index contributed by atoms with van der Waals surface area (Å²) in [6.07, 6.45) is 0. The third kappa shape index (κ3) is 2.17. The van der Waals surface area contributed by atoms with Crippen LogP contribution in [0.2, 0.25) is 0 Å². The van der Waals surface area contributed by atoms with Gasteiger partial charge in [-0.15, -0.1) is 5.10 Å². The van der Waals surface area contributed by atoms with Crippen LogP contribution in [-0.4, -0.2) is 27.6 Å². The number of ether oxygens (including phenoxy) is 1. The molecule has 0 saturated carbocycles. The van der Waals surface area contributed by atoms with Crippen LogP contribution in [0.25, 0.3) is 5.69 Å². The van der Waals surface area contributed by atoms with E-state index in [1.54, 1.807) is 30.7 Å². The molecule has 1 aromatic heterocycles. The summed E-state index contributed by atoms with van der Waals surface area (Å²) in [6, 6.07) is 7.15. The van der Waals surface area contributed by atoms with Crippen LogP contribution in [0.3, 0.4) is 0 Å². The Hall–Kier alpha value is -2.37. The molecule has 1 heterocycles. The molecule has 0 fully saturated rings. The molecular weight excluding hydrogens is 232 g/mol. The number of nitrogens with two attached hydrogens (primary N) is 1. The number of hydrogen-bond donors (Lipinski definition) is 1. The van der Waals surface area contributed by atoms with Gasteiger partial charge in [0.25, 0.3) is 0 Å². The molecule has 2 rings (SSSR count). The maximum atomic E-state index is 11.6. The third-order valence-electron chi connectivity index (χ3n) is 2.50. The van der Waals surface area contributed by atoms with E-state index < -0.39 is 5.97 Å². The van der Waals surface area contributed by atoms with Gasteiger partial charge in [-0.05, 0) is 38.1 Å². The van der Waals surface area contributed by atoms with E-state index >= 15 is 0 Å². The Morgan fingerprint density at radius 3 is 2.67 bits per heavy atom. The number of esters is 1. The second-order valence-corrected chi connectivity index (χ2v) is 3.75. The quantitative estimate of drug-likeness (QED) is 0.652. The lowest BCUT2D eigenvalue weighted by atomic mass is 10.2. The zero-order chi connectivity index (χ0) is 13.1. The fourth-order valence-electron chi connectivity index (χ4n) is 1.58. The highest BCUT2D eigenvalue weighted by atomic mass is 16.5. The van der Waals surface area contributed by atoms with Gasteiger partial charge in [0.1, 0.15) is 0 Å². The van der Waals surface area contributed by atoms with Crippen LogP contribution in [0, 0.1) is 6.92 Å². The van der Waals surface area contributed by atoms with Crippen LogP contribution in [-0.2, 0) is 4.74 Å². The second kappa shape index (κ2) is 4.87. The van der Waals surface area contributed by atoms with Crippen molar-refractivity contribution in [3.8, 4) is 5.69 Å². The summed E-state index contributed by atoms with van der Waals surface area (Å²) >= 11 is 0. The monoisotopic (exact) mass is 246 g/mol. The molecule has 2 N–H and O–H groups in total. The highest BCUT2D eigenvalue weighted by molar-refractivity contribution is 5.88. The first-order valence-corrected chi connectivity index (χ1v) is 5.58. The van der Waals surface area contributed by atoms with Crippen molar-refractivity contribution >= 4 is 11.7 Å². The van der Waals surface area contributed by atoms with Gasteiger partial charge in [-0.3, -0.25) is 0 Å². The fraction of sp³-hybridized carbons (Fsp3) is 0.250. The minimum Gasteiger partial charge on any atom is -0.461 e. The van der Waals surface area contributed by atoms with E-state index in [9.17, 15) is 4.79 Å². The minimum absolute atomic E-state index is 0.230. The number of nitrogen functional groups attached to an aromatic ring is 1. The Labute approximate surface area is 104 Å². The maximum absolute atomic E-state index is 11.6. The topological polar surface area (TPSA) is 83.0 Å². The average Bonchev–Trinajstić information content (AvgIpc) is 2.73. The molecule has 0 unspecified atom stereocenters. The SMILES string of the molecule is CCOC(=O)c1nnn(-c2ccc(N)cc2)c1C. The van der Waals surface area contributed by atoms with Crippen LogP contribution in [0.5, 0.6) is 0 Å². The largest absolute Gasteiger partial charge is 0.461 e. The molecule has 0 bridgehead atoms. The van der Waals surface area contributed by atoms with E-state index in [0.717, 1.165) is 5.69 Å². The van der Waals surface area contributed by atoms with Gasteiger partial charge in [0.15, 0.2) is 5.69 Å². The molecule has 0 saturated heterocycles. The Balaban J connectivity index is 2.36. The Morgan fingerprint density at radius 1 is 1.39 bits per heavy atom. The number of nitrogens with zero attached hydrogens (tertiary/aromatic N) is 3. The maximum Gasteiger partial charge on any atom is 0.360 e. The van der Waals surface area contributed by atoms with Crippen molar-refractivity contribution in [2.45, 2.75) is 13.8 Å². The number of hydrogen-bond acceptors (Lipinski definition) is 5. The average molecular weight is 246 g/mol. The predicted molar refractivity (Wildman–Crippen MR) is 66.5 cm³/mol. The van der Waals surface area contributed by atoms with Crippen molar-refractivity contribution in [3.63, 3.8) is 0 Å². The number of anilines is 1. The van der Waals surface area contributed by atoms with E-state index in [2.05, 4.69) is 10.3 Å². The van der Waals surface area contributed by atoms with Gasteiger partial charge in [0, 0.05) is 5.69 Å². The third-order valence-corrected chi connectivity index (χ3v) is 2.50. The van der Waals surface area contributed by atoms with Crippen LogP contribution in [0.1, 0.15) is 23.1 Å². The summed E-state index contributed by atoms with van der Waals surface area (Å²) in [4.78, 5) is 11.6. The summed E-state index contributed by atoms with van der Waals surface area (Å²) in [5.41, 5.74) is 7.95. The van der Waals surface area contributed by atoms with E-state index in [1.165, 1.54) is 0 Å². The lowest BCUT2D eigenvalue weighted by molar-refractivity contribution is 0.0518. The smallest absolute Gasteiger partial charge is 0.360 e. The van der Waals surface area contributed by atoms with Crippen LogP contribution < -0.4 is 5.73 Å². The van der Waals surface area contributed by atoms with Gasteiger partial charge in [0.05, 0.1) is 18.0 Å². The van der Waals surface area contributed by atoms with Gasteiger partial charge in [-0.2, -0.15) is 0 Å². The molecule has 18 heavy (non-hydrogen) atoms. The molecule has 0 aliphatic rings. The number of aromatic nitrogens is 3. The summed E-state index contributed by atoms with van der Waals surface area (Å²) in [6.45, 7) is 3.83. The molecule has 2 aromatic rings. The van der Waals surface area contributed by atoms with Crippen molar-refractivity contribution in [1.29, 1.82) is 0 Å². The molecule has 6 heteroatoms. The number of rotatable bonds is 3. The van der Waals surface area contributed by atoms with E-state index in [4.69, 9.17) is 10.5 Å². The van der Waals surface area contributed by atoms with E-state index in [0.29, 0.717) is 18.0 Å². The van der Waals surface area contributed by atoms with Crippen molar-refractivity contribution in [2.24, 2.45) is 0 Å². The van der Waals surface area contributed by atoms with Crippen LogP contribution >= 0.6 is 0 Å². The van der Waals surface area contributed by atoms with Crippen molar-refractivity contribution in [2.75, 3.05) is 12.3 Å². The molecule has 0 atom stereocenters. The van der Waals surface area contributed by atoms with E-state index in [-0.39, 0.29) is 5.69 Å². The minimum atomic E-state index is -0.461. The molecule has 0 aliphatic heterocycles. The highest BCUT2D eigenvalue weighted by Crippen LogP contribution is 2.14. The Kier molecular flexibility index (Phi) is 3.27. The molecule has 0 radical (unpaired) electrons. The molecule has 1 aromatic carbocycles. The molecule has 6 nitrogen and oxygen atoms in total. The molecule has 0 amide bonds. The van der Waals surface area contributed by atoms with Crippen molar-refractivity contribution < 1.29 is 9.53 Å². The number of carbonyl (C=O) groups is 1. The first kappa shape index (κ1) is 12.1. The molecule has 94 valence electrons. The standard InChI is InChI=1S/C12H14N4O2/c1-3-18-12(17)11-8(2)16(15-14-11)10-6-4-9(13)5-7-10/h4-7H,3,13H2,1-2H3. The van der Waals surface area contributed by atoms with E-state index in [1.807, 2.05) is 12.1 Å². The normalized spacial score (nSPS) is 10.3. The zero-order valence-electron chi connectivity index (χ0n) is 10.3. The summed E-state index contributed by atoms with van der Waals surface area (Å²) in [5.74, 6) is -0.461. The first-order valence-electron chi connectivity index (χ1n) is 5.58. The fourth-order valence-corrected chi connectivity index (χ4v) is 1.58. The second-order valence-electron chi connectivity index (χ2n) is 3.75. The van der Waals surface area contributed by atoms with Crippen molar-refractivity contribution in [1.82, 2.24) is 15.0 Å². The number of benzene rings is 1. The first-order chi connectivity index (χ1) is 8.63. The van der Waals surface area contributed by atoms with Gasteiger partial charge in [0.2, 0.25) is 0 Å². The van der Waals surface area contributed by atoms with Crippen LogP contribution in [0.4, 0.5) is 5.69 Å². The van der Waals surface area contributed by atoms with Gasteiger partial charge in [-0.1, -0.05) is 5.21 Å². The summed E-state index contributed by atoms with van der Waals surface area (Å²) in [5, 5.41) is 7.78. The molecule has 0 aliphatic carbocycles. The van der Waals surface area contributed by atoms with Gasteiger partial charge in [-0.25, -0.2) is 9.48 Å². The lowest BCUT2D eigenvalue weighted by Gasteiger charge is -2.03. The summed E-state index contributed by atoms with van der Waals surface area (Å²) < 4.78 is 6.48. The lowest BCUT2D eigenvalue weighted by Crippen LogP contribution is -2.07.